The topological polar surface area (TPSA) is 86.3 Å². The Labute approximate surface area is 144 Å². The van der Waals surface area contributed by atoms with Gasteiger partial charge in [-0.25, -0.2) is 4.68 Å². The lowest BCUT2D eigenvalue weighted by Gasteiger charge is -2.19. The van der Waals surface area contributed by atoms with E-state index in [0.29, 0.717) is 18.3 Å². The fourth-order valence-corrected chi connectivity index (χ4v) is 2.37. The van der Waals surface area contributed by atoms with Crippen molar-refractivity contribution in [2.75, 3.05) is 19.1 Å². The Morgan fingerprint density at radius 2 is 2.08 bits per heavy atom. The van der Waals surface area contributed by atoms with Gasteiger partial charge in [-0.2, -0.15) is 10.1 Å². The zero-order chi connectivity index (χ0) is 17.6. The Balaban J connectivity index is 1.70. The minimum atomic E-state index is -0.226. The van der Waals surface area contributed by atoms with Crippen LogP contribution in [-0.4, -0.2) is 34.1 Å². The Hall–Kier alpha value is -3.00. The Kier molecular flexibility index (Phi) is 5.20. The largest absolute Gasteiger partial charge is 0.375 e. The molecule has 130 valence electrons. The standard InChI is InChI=1S/C17H19N5O3/c1-21(10-13-6-4-3-5-7-13)14-8-17(23)22(18-9-14)11-15-19-16(12-24-2)25-20-15/h3-9H,10-12H2,1-2H3. The molecule has 8 nitrogen and oxygen atoms in total. The molecule has 0 aliphatic rings. The number of methoxy groups -OCH3 is 1. The average Bonchev–Trinajstić information content (AvgIpc) is 3.05. The van der Waals surface area contributed by atoms with Crippen molar-refractivity contribution in [1.29, 1.82) is 0 Å². The van der Waals surface area contributed by atoms with Crippen LogP contribution in [0.2, 0.25) is 0 Å². The molecule has 25 heavy (non-hydrogen) atoms. The molecule has 0 N–H and O–H groups in total. The van der Waals surface area contributed by atoms with E-state index in [1.165, 1.54) is 4.68 Å². The van der Waals surface area contributed by atoms with Crippen molar-refractivity contribution in [3.63, 3.8) is 0 Å². The van der Waals surface area contributed by atoms with Gasteiger partial charge < -0.3 is 14.2 Å². The maximum Gasteiger partial charge on any atom is 0.269 e. The first kappa shape index (κ1) is 16.8. The molecule has 0 saturated carbocycles. The lowest BCUT2D eigenvalue weighted by atomic mass is 10.2. The third kappa shape index (κ3) is 4.30. The first-order valence-electron chi connectivity index (χ1n) is 7.78. The SMILES string of the molecule is COCc1nc(Cn2ncc(N(C)Cc3ccccc3)cc2=O)no1. The van der Waals surface area contributed by atoms with E-state index >= 15 is 0 Å². The summed E-state index contributed by atoms with van der Waals surface area (Å²) in [6, 6.07) is 11.6. The molecule has 0 atom stereocenters. The van der Waals surface area contributed by atoms with Crippen molar-refractivity contribution in [3.05, 3.63) is 70.2 Å². The molecule has 0 unspecified atom stereocenters. The summed E-state index contributed by atoms with van der Waals surface area (Å²) in [5, 5.41) is 8.01. The smallest absolute Gasteiger partial charge is 0.269 e. The summed E-state index contributed by atoms with van der Waals surface area (Å²) in [5.41, 5.74) is 1.68. The third-order valence-corrected chi connectivity index (χ3v) is 3.63. The van der Waals surface area contributed by atoms with Crippen LogP contribution < -0.4 is 10.5 Å². The molecule has 0 fully saturated rings. The van der Waals surface area contributed by atoms with Crippen LogP contribution in [0.1, 0.15) is 17.3 Å². The van der Waals surface area contributed by atoms with E-state index in [2.05, 4.69) is 15.2 Å². The van der Waals surface area contributed by atoms with Crippen molar-refractivity contribution in [2.45, 2.75) is 19.7 Å². The van der Waals surface area contributed by atoms with Crippen molar-refractivity contribution < 1.29 is 9.26 Å². The van der Waals surface area contributed by atoms with Gasteiger partial charge in [-0.05, 0) is 5.56 Å². The van der Waals surface area contributed by atoms with Crippen molar-refractivity contribution in [1.82, 2.24) is 19.9 Å². The van der Waals surface area contributed by atoms with E-state index in [1.54, 1.807) is 19.4 Å². The van der Waals surface area contributed by atoms with Crippen LogP contribution in [-0.2, 0) is 24.4 Å². The van der Waals surface area contributed by atoms with Gasteiger partial charge >= 0.3 is 0 Å². The molecule has 2 heterocycles. The first-order chi connectivity index (χ1) is 12.2. The predicted octanol–water partition coefficient (Wildman–Crippen LogP) is 1.46. The number of nitrogens with zero attached hydrogens (tertiary/aromatic N) is 5. The number of benzene rings is 1. The molecule has 3 aromatic rings. The maximum atomic E-state index is 12.3. The van der Waals surface area contributed by atoms with Gasteiger partial charge in [0.25, 0.3) is 11.4 Å². The normalized spacial score (nSPS) is 10.8. The summed E-state index contributed by atoms with van der Waals surface area (Å²) in [6.07, 6.45) is 1.65. The molecular weight excluding hydrogens is 322 g/mol. The van der Waals surface area contributed by atoms with E-state index in [4.69, 9.17) is 9.26 Å². The molecule has 0 spiro atoms. The van der Waals surface area contributed by atoms with Crippen LogP contribution in [0.25, 0.3) is 0 Å². The fraction of sp³-hybridized carbons (Fsp3) is 0.294. The average molecular weight is 341 g/mol. The van der Waals surface area contributed by atoms with E-state index in [0.717, 1.165) is 11.3 Å². The molecule has 1 aromatic carbocycles. The second-order valence-electron chi connectivity index (χ2n) is 5.59. The fourth-order valence-electron chi connectivity index (χ4n) is 2.37. The van der Waals surface area contributed by atoms with Gasteiger partial charge in [-0.3, -0.25) is 4.79 Å². The van der Waals surface area contributed by atoms with Crippen LogP contribution in [0.4, 0.5) is 5.69 Å². The number of ether oxygens (including phenoxy) is 1. The summed E-state index contributed by atoms with van der Waals surface area (Å²) in [5.74, 6) is 0.747. The van der Waals surface area contributed by atoms with Crippen molar-refractivity contribution in [3.8, 4) is 0 Å². The summed E-state index contributed by atoms with van der Waals surface area (Å²) >= 11 is 0. The molecule has 3 rings (SSSR count). The molecule has 0 radical (unpaired) electrons. The first-order valence-corrected chi connectivity index (χ1v) is 7.78. The highest BCUT2D eigenvalue weighted by molar-refractivity contribution is 5.42. The quantitative estimate of drug-likeness (QED) is 0.643. The van der Waals surface area contributed by atoms with E-state index in [9.17, 15) is 4.79 Å². The summed E-state index contributed by atoms with van der Waals surface area (Å²) in [7, 11) is 3.46. The minimum Gasteiger partial charge on any atom is -0.375 e. The summed E-state index contributed by atoms with van der Waals surface area (Å²) in [4.78, 5) is 18.4. The molecular formula is C17H19N5O3. The van der Waals surface area contributed by atoms with Gasteiger partial charge in [0.2, 0.25) is 0 Å². The molecule has 0 saturated heterocycles. The molecule has 0 aliphatic carbocycles. The molecule has 0 aliphatic heterocycles. The second kappa shape index (κ2) is 7.71. The molecule has 0 bridgehead atoms. The van der Waals surface area contributed by atoms with Gasteiger partial charge in [0.1, 0.15) is 13.2 Å². The maximum absolute atomic E-state index is 12.3. The van der Waals surface area contributed by atoms with Crippen molar-refractivity contribution >= 4 is 5.69 Å². The van der Waals surface area contributed by atoms with Crippen LogP contribution >= 0.6 is 0 Å². The summed E-state index contributed by atoms with van der Waals surface area (Å²) in [6.45, 7) is 1.07. The predicted molar refractivity (Wildman–Crippen MR) is 91.2 cm³/mol. The van der Waals surface area contributed by atoms with Gasteiger partial charge in [0.15, 0.2) is 5.82 Å². The highest BCUT2D eigenvalue weighted by Gasteiger charge is 2.10. The number of aromatic nitrogens is 4. The Morgan fingerprint density at radius 3 is 2.80 bits per heavy atom. The molecule has 2 aromatic heterocycles. The van der Waals surface area contributed by atoms with Crippen LogP contribution in [0.15, 0.2) is 51.9 Å². The Morgan fingerprint density at radius 1 is 1.28 bits per heavy atom. The second-order valence-corrected chi connectivity index (χ2v) is 5.59. The number of hydrogen-bond acceptors (Lipinski definition) is 7. The van der Waals surface area contributed by atoms with Gasteiger partial charge in [0, 0.05) is 26.8 Å². The van der Waals surface area contributed by atoms with Gasteiger partial charge in [0.05, 0.1) is 11.9 Å². The summed E-state index contributed by atoms with van der Waals surface area (Å²) < 4.78 is 11.2. The number of anilines is 1. The minimum absolute atomic E-state index is 0.148. The lowest BCUT2D eigenvalue weighted by Crippen LogP contribution is -2.26. The van der Waals surface area contributed by atoms with E-state index < -0.39 is 0 Å². The third-order valence-electron chi connectivity index (χ3n) is 3.63. The lowest BCUT2D eigenvalue weighted by molar-refractivity contribution is 0.151. The zero-order valence-corrected chi connectivity index (χ0v) is 14.1. The van der Waals surface area contributed by atoms with Gasteiger partial charge in [-0.15, -0.1) is 0 Å². The molecule has 8 heteroatoms. The van der Waals surface area contributed by atoms with Gasteiger partial charge in [-0.1, -0.05) is 35.5 Å². The number of rotatable bonds is 7. The van der Waals surface area contributed by atoms with Crippen molar-refractivity contribution in [2.24, 2.45) is 0 Å². The Bertz CT molecular complexity index is 875. The highest BCUT2D eigenvalue weighted by atomic mass is 16.5. The highest BCUT2D eigenvalue weighted by Crippen LogP contribution is 2.12. The molecule has 0 amide bonds. The van der Waals surface area contributed by atoms with Crippen LogP contribution in [0.3, 0.4) is 0 Å². The monoisotopic (exact) mass is 341 g/mol. The van der Waals surface area contributed by atoms with E-state index in [1.807, 2.05) is 42.3 Å². The number of hydrogen-bond donors (Lipinski definition) is 0. The zero-order valence-electron chi connectivity index (χ0n) is 14.1. The van der Waals surface area contributed by atoms with Crippen LogP contribution in [0.5, 0.6) is 0 Å². The van der Waals surface area contributed by atoms with Crippen LogP contribution in [0, 0.1) is 0 Å². The van der Waals surface area contributed by atoms with E-state index in [-0.39, 0.29) is 18.7 Å².